The Hall–Kier alpha value is -1.05. The third-order valence-corrected chi connectivity index (χ3v) is 2.70. The van der Waals surface area contributed by atoms with Crippen molar-refractivity contribution in [2.45, 2.75) is 44.8 Å². The molecule has 1 aromatic heterocycles. The largest absolute Gasteiger partial charge is 0.398 e. The molecule has 1 aromatic rings. The molecule has 0 saturated carbocycles. The van der Waals surface area contributed by atoms with Gasteiger partial charge in [-0.2, -0.15) is 0 Å². The summed E-state index contributed by atoms with van der Waals surface area (Å²) in [4.78, 5) is 4.16. The summed E-state index contributed by atoms with van der Waals surface area (Å²) < 4.78 is 63.9. The van der Waals surface area contributed by atoms with Crippen molar-refractivity contribution >= 4 is 5.69 Å². The van der Waals surface area contributed by atoms with Gasteiger partial charge in [0.2, 0.25) is 0 Å². The van der Waals surface area contributed by atoms with E-state index in [1.165, 1.54) is 0 Å². The van der Waals surface area contributed by atoms with Crippen LogP contribution in [0.4, 0.5) is 5.69 Å². The maximum Gasteiger partial charge on any atom is 0.0459 e. The van der Waals surface area contributed by atoms with Crippen LogP contribution in [0.1, 0.15) is 52.6 Å². The van der Waals surface area contributed by atoms with Gasteiger partial charge in [-0.05, 0) is 55.9 Å². The number of hydrogen-bond acceptors (Lipinski definition) is 2. The Morgan fingerprint density at radius 1 is 1.07 bits per heavy atom. The summed E-state index contributed by atoms with van der Waals surface area (Å²) in [5, 5.41) is 0. The van der Waals surface area contributed by atoms with Gasteiger partial charge in [-0.25, -0.2) is 0 Å². The predicted molar refractivity (Wildman–Crippen MR) is 57.3 cm³/mol. The molecule has 0 unspecified atom stereocenters. The van der Waals surface area contributed by atoms with Crippen LogP contribution in [0.2, 0.25) is 0 Å². The molecule has 14 heavy (non-hydrogen) atoms. The molecule has 0 radical (unpaired) electrons. The van der Waals surface area contributed by atoms with E-state index < -0.39 is 31.2 Å². The van der Waals surface area contributed by atoms with E-state index in [9.17, 15) is 0 Å². The number of fused-ring (bicyclic) bond motifs is 2. The van der Waals surface area contributed by atoms with E-state index in [2.05, 4.69) is 4.98 Å². The monoisotopic (exact) mass is 196 g/mol. The second kappa shape index (κ2) is 2.97. The van der Waals surface area contributed by atoms with Gasteiger partial charge in [-0.1, -0.05) is 0 Å². The fourth-order valence-electron chi connectivity index (χ4n) is 2.01. The van der Waals surface area contributed by atoms with Gasteiger partial charge in [0.15, 0.2) is 0 Å². The van der Waals surface area contributed by atoms with Gasteiger partial charge >= 0.3 is 0 Å². The molecule has 2 aliphatic rings. The van der Waals surface area contributed by atoms with Gasteiger partial charge in [0.1, 0.15) is 0 Å². The molecule has 2 nitrogen and oxygen atoms in total. The molecule has 1 heterocycles. The third kappa shape index (κ3) is 1.06. The number of pyridine rings is 1. The minimum atomic E-state index is -3.08. The zero-order valence-electron chi connectivity index (χ0n) is 15.6. The summed E-state index contributed by atoms with van der Waals surface area (Å²) in [7, 11) is 0. The molecule has 0 aromatic carbocycles. The molecule has 2 aliphatic carbocycles. The van der Waals surface area contributed by atoms with Crippen molar-refractivity contribution in [3.05, 3.63) is 22.5 Å². The molecule has 0 atom stereocenters. The first-order chi connectivity index (χ1) is 9.87. The lowest BCUT2D eigenvalue weighted by atomic mass is 9.92. The van der Waals surface area contributed by atoms with E-state index in [4.69, 9.17) is 16.7 Å². The van der Waals surface area contributed by atoms with Gasteiger partial charge in [-0.3, -0.25) is 4.98 Å². The molecule has 0 bridgehead atoms. The Morgan fingerprint density at radius 3 is 2.86 bits per heavy atom. The Kier molecular flexibility index (Phi) is 0.746. The summed E-state index contributed by atoms with van der Waals surface area (Å²) in [5.74, 6) is 0. The first kappa shape index (κ1) is 3.51. The van der Waals surface area contributed by atoms with Crippen molar-refractivity contribution in [1.29, 1.82) is 0 Å². The fraction of sp³-hybridized carbons (Fsp3) is 0.583. The molecular formula is C12H16N2. The lowest BCUT2D eigenvalue weighted by Crippen LogP contribution is -2.12. The van der Waals surface area contributed by atoms with E-state index in [1.54, 1.807) is 0 Å². The Morgan fingerprint density at radius 2 is 1.93 bits per heavy atom. The SMILES string of the molecule is [2H]C1([2H])c2nc3c(c(N)c2C([2H])([2H])C([2H])([2H])C1([2H])[2H])CCC3. The normalized spacial score (nSPS) is 42.0. The smallest absolute Gasteiger partial charge is 0.0459 e. The van der Waals surface area contributed by atoms with Crippen LogP contribution < -0.4 is 5.73 Å². The number of aryl methyl sites for hydroxylation is 2. The van der Waals surface area contributed by atoms with Crippen molar-refractivity contribution in [3.8, 4) is 0 Å². The fourth-order valence-corrected chi connectivity index (χ4v) is 2.01. The average molecular weight is 196 g/mol. The van der Waals surface area contributed by atoms with Crippen LogP contribution in [-0.4, -0.2) is 4.98 Å². The van der Waals surface area contributed by atoms with Gasteiger partial charge in [0.25, 0.3) is 0 Å². The standard InChI is InChI=1S/C12H16N2/c13-12-8-4-1-2-6-10(8)14-11-7-3-5-9(11)12/h1-7H2,(H2,13,14)/i1D2,2D2,4D2,6D2. The van der Waals surface area contributed by atoms with Gasteiger partial charge < -0.3 is 5.73 Å². The van der Waals surface area contributed by atoms with Crippen molar-refractivity contribution in [3.63, 3.8) is 0 Å². The first-order valence-electron chi connectivity index (χ1n) is 8.69. The Bertz CT molecular complexity index is 668. The Balaban J connectivity index is 2.44. The zero-order valence-corrected chi connectivity index (χ0v) is 7.65. The zero-order chi connectivity index (χ0) is 16.7. The van der Waals surface area contributed by atoms with E-state index >= 15 is 0 Å². The second-order valence-electron chi connectivity index (χ2n) is 3.53. The number of aromatic nitrogens is 1. The highest BCUT2D eigenvalue weighted by Gasteiger charge is 2.22. The van der Waals surface area contributed by atoms with E-state index in [0.717, 1.165) is 6.42 Å². The summed E-state index contributed by atoms with van der Waals surface area (Å²) in [6.07, 6.45) is -9.77. The molecule has 3 rings (SSSR count). The summed E-state index contributed by atoms with van der Waals surface area (Å²) in [6.45, 7) is 0. The van der Waals surface area contributed by atoms with Crippen LogP contribution in [0.3, 0.4) is 0 Å². The maximum absolute atomic E-state index is 8.11. The predicted octanol–water partition coefficient (Wildman–Crippen LogP) is 2.03. The minimum absolute atomic E-state index is 0.0192. The summed E-state index contributed by atoms with van der Waals surface area (Å²) >= 11 is 0. The number of nitrogens with zero attached hydrogens (tertiary/aromatic N) is 1. The topological polar surface area (TPSA) is 38.9 Å². The summed E-state index contributed by atoms with van der Waals surface area (Å²) in [5.41, 5.74) is 6.50. The van der Waals surface area contributed by atoms with Crippen LogP contribution in [0.25, 0.3) is 0 Å². The number of nitrogens with two attached hydrogens (primary N) is 1. The molecule has 2 N–H and O–H groups in total. The van der Waals surface area contributed by atoms with Gasteiger partial charge in [-0.15, -0.1) is 0 Å². The number of rotatable bonds is 0. The quantitative estimate of drug-likeness (QED) is 0.689. The highest BCUT2D eigenvalue weighted by molar-refractivity contribution is 5.59. The van der Waals surface area contributed by atoms with E-state index in [0.29, 0.717) is 24.1 Å². The van der Waals surface area contributed by atoms with Crippen LogP contribution in [0.15, 0.2) is 0 Å². The van der Waals surface area contributed by atoms with E-state index in [-0.39, 0.29) is 11.3 Å². The lowest BCUT2D eigenvalue weighted by molar-refractivity contribution is 0.665. The highest BCUT2D eigenvalue weighted by Crippen LogP contribution is 2.33. The average Bonchev–Trinajstić information content (AvgIpc) is 2.84. The molecular weight excluding hydrogens is 172 g/mol. The highest BCUT2D eigenvalue weighted by atomic mass is 14.8. The molecule has 0 aliphatic heterocycles. The van der Waals surface area contributed by atoms with Crippen LogP contribution in [0.5, 0.6) is 0 Å². The molecule has 2 heteroatoms. The number of hydrogen-bond donors (Lipinski definition) is 1. The maximum atomic E-state index is 8.11. The third-order valence-electron chi connectivity index (χ3n) is 2.70. The van der Waals surface area contributed by atoms with Crippen LogP contribution >= 0.6 is 0 Å². The van der Waals surface area contributed by atoms with Crippen molar-refractivity contribution in [2.24, 2.45) is 0 Å². The van der Waals surface area contributed by atoms with Gasteiger partial charge in [0, 0.05) is 28.0 Å². The van der Waals surface area contributed by atoms with Crippen molar-refractivity contribution in [2.75, 3.05) is 5.73 Å². The summed E-state index contributed by atoms with van der Waals surface area (Å²) in [6, 6.07) is 0. The van der Waals surface area contributed by atoms with Gasteiger partial charge in [0.05, 0.1) is 0 Å². The number of nitrogen functional groups attached to an aromatic ring is 1. The van der Waals surface area contributed by atoms with Crippen molar-refractivity contribution < 1.29 is 11.0 Å². The van der Waals surface area contributed by atoms with Crippen LogP contribution in [-0.2, 0) is 25.6 Å². The van der Waals surface area contributed by atoms with Crippen molar-refractivity contribution in [1.82, 2.24) is 4.98 Å². The minimum Gasteiger partial charge on any atom is -0.398 e. The molecule has 0 fully saturated rings. The van der Waals surface area contributed by atoms with E-state index in [1.807, 2.05) is 0 Å². The lowest BCUT2D eigenvalue weighted by Gasteiger charge is -2.19. The first-order valence-corrected chi connectivity index (χ1v) is 4.69. The van der Waals surface area contributed by atoms with Crippen LogP contribution in [0, 0.1) is 0 Å². The molecule has 74 valence electrons. The molecule has 0 spiro atoms. The second-order valence-corrected chi connectivity index (χ2v) is 3.53. The molecule has 0 saturated heterocycles. The Labute approximate surface area is 95.8 Å². The molecule has 0 amide bonds. The number of anilines is 1.